The lowest BCUT2D eigenvalue weighted by Gasteiger charge is -1.97. The molecular formula is C8H7N3O2. The van der Waals surface area contributed by atoms with Crippen molar-refractivity contribution in [2.75, 3.05) is 0 Å². The summed E-state index contributed by atoms with van der Waals surface area (Å²) < 4.78 is 0. The molecule has 0 aliphatic heterocycles. The zero-order chi connectivity index (χ0) is 9.26. The second-order valence-electron chi connectivity index (χ2n) is 2.59. The van der Waals surface area contributed by atoms with Gasteiger partial charge < -0.3 is 10.1 Å². The molecular weight excluding hydrogens is 170 g/mol. The van der Waals surface area contributed by atoms with E-state index in [9.17, 15) is 4.79 Å². The van der Waals surface area contributed by atoms with Crippen LogP contribution in [-0.2, 0) is 6.61 Å². The van der Waals surface area contributed by atoms with Gasteiger partial charge in [-0.25, -0.2) is 9.97 Å². The predicted molar refractivity (Wildman–Crippen MR) is 46.1 cm³/mol. The molecule has 2 aromatic heterocycles. The van der Waals surface area contributed by atoms with Crippen LogP contribution < -0.4 is 5.43 Å². The van der Waals surface area contributed by atoms with Gasteiger partial charge in [0.05, 0.1) is 18.3 Å². The second kappa shape index (κ2) is 2.95. The van der Waals surface area contributed by atoms with Gasteiger partial charge >= 0.3 is 0 Å². The van der Waals surface area contributed by atoms with Crippen molar-refractivity contribution < 1.29 is 5.11 Å². The molecule has 0 saturated carbocycles. The van der Waals surface area contributed by atoms with E-state index < -0.39 is 0 Å². The lowest BCUT2D eigenvalue weighted by atomic mass is 10.2. The standard InChI is InChI=1S/C8H7N3O2/c12-3-5-1-10-6-2-9-4-11-7(6)8(5)13/h1-2,4,12H,3H2,(H,10,13). The van der Waals surface area contributed by atoms with Crippen LogP contribution in [0.4, 0.5) is 0 Å². The summed E-state index contributed by atoms with van der Waals surface area (Å²) in [5.74, 6) is 0. The lowest BCUT2D eigenvalue weighted by Crippen LogP contribution is -2.11. The molecule has 0 fully saturated rings. The molecule has 2 rings (SSSR count). The van der Waals surface area contributed by atoms with E-state index in [4.69, 9.17) is 5.11 Å². The molecule has 5 nitrogen and oxygen atoms in total. The van der Waals surface area contributed by atoms with Gasteiger partial charge in [-0.05, 0) is 0 Å². The fraction of sp³-hybridized carbons (Fsp3) is 0.125. The SMILES string of the molecule is O=c1c(CO)c[nH]c2cncnc12. The number of aliphatic hydroxyl groups is 1. The number of aliphatic hydroxyl groups excluding tert-OH is 1. The van der Waals surface area contributed by atoms with Gasteiger partial charge in [0.2, 0.25) is 5.43 Å². The van der Waals surface area contributed by atoms with Crippen molar-refractivity contribution in [1.82, 2.24) is 15.0 Å². The van der Waals surface area contributed by atoms with Gasteiger partial charge in [-0.2, -0.15) is 0 Å². The smallest absolute Gasteiger partial charge is 0.213 e. The number of rotatable bonds is 1. The number of aromatic amines is 1. The minimum absolute atomic E-state index is 0.251. The number of nitrogens with one attached hydrogen (secondary N) is 1. The minimum atomic E-state index is -0.282. The van der Waals surface area contributed by atoms with Crippen LogP contribution in [0.15, 0.2) is 23.5 Å². The summed E-state index contributed by atoms with van der Waals surface area (Å²) >= 11 is 0. The van der Waals surface area contributed by atoms with Crippen LogP contribution in [-0.4, -0.2) is 20.1 Å². The Morgan fingerprint density at radius 2 is 2.38 bits per heavy atom. The van der Waals surface area contributed by atoms with E-state index in [1.54, 1.807) is 0 Å². The topological polar surface area (TPSA) is 78.9 Å². The number of nitrogens with zero attached hydrogens (tertiary/aromatic N) is 2. The van der Waals surface area contributed by atoms with Crippen LogP contribution in [0.5, 0.6) is 0 Å². The third-order valence-electron chi connectivity index (χ3n) is 1.79. The largest absolute Gasteiger partial charge is 0.391 e. The average Bonchev–Trinajstić information content (AvgIpc) is 2.19. The third kappa shape index (κ3) is 1.19. The van der Waals surface area contributed by atoms with Gasteiger partial charge in [-0.15, -0.1) is 0 Å². The normalized spacial score (nSPS) is 10.5. The third-order valence-corrected chi connectivity index (χ3v) is 1.79. The fourth-order valence-corrected chi connectivity index (χ4v) is 1.12. The van der Waals surface area contributed by atoms with Crippen molar-refractivity contribution in [3.05, 3.63) is 34.5 Å². The van der Waals surface area contributed by atoms with Crippen molar-refractivity contribution in [1.29, 1.82) is 0 Å². The van der Waals surface area contributed by atoms with Gasteiger partial charge in [0, 0.05) is 11.8 Å². The van der Waals surface area contributed by atoms with Gasteiger partial charge in [0.1, 0.15) is 11.8 Å². The molecule has 0 amide bonds. The number of hydrogen-bond acceptors (Lipinski definition) is 4. The van der Waals surface area contributed by atoms with Crippen molar-refractivity contribution >= 4 is 11.0 Å². The van der Waals surface area contributed by atoms with E-state index >= 15 is 0 Å². The zero-order valence-electron chi connectivity index (χ0n) is 6.69. The first-order valence-corrected chi connectivity index (χ1v) is 3.74. The van der Waals surface area contributed by atoms with Crippen LogP contribution in [0.25, 0.3) is 11.0 Å². The molecule has 0 aliphatic carbocycles. The Morgan fingerprint density at radius 3 is 3.15 bits per heavy atom. The lowest BCUT2D eigenvalue weighted by molar-refractivity contribution is 0.280. The average molecular weight is 177 g/mol. The Balaban J connectivity index is 2.87. The maximum absolute atomic E-state index is 11.5. The zero-order valence-corrected chi connectivity index (χ0v) is 6.69. The molecule has 13 heavy (non-hydrogen) atoms. The number of pyridine rings is 1. The van der Waals surface area contributed by atoms with Crippen LogP contribution in [0, 0.1) is 0 Å². The monoisotopic (exact) mass is 177 g/mol. The second-order valence-corrected chi connectivity index (χ2v) is 2.59. The molecule has 0 spiro atoms. The van der Waals surface area contributed by atoms with Crippen LogP contribution >= 0.6 is 0 Å². The van der Waals surface area contributed by atoms with Crippen molar-refractivity contribution in [3.63, 3.8) is 0 Å². The van der Waals surface area contributed by atoms with E-state index in [2.05, 4.69) is 15.0 Å². The van der Waals surface area contributed by atoms with Gasteiger partial charge in [-0.1, -0.05) is 0 Å². The summed E-state index contributed by atoms with van der Waals surface area (Å²) in [5, 5.41) is 8.81. The highest BCUT2D eigenvalue weighted by atomic mass is 16.3. The van der Waals surface area contributed by atoms with E-state index in [-0.39, 0.29) is 12.0 Å². The van der Waals surface area contributed by atoms with E-state index in [1.165, 1.54) is 18.7 Å². The van der Waals surface area contributed by atoms with Gasteiger partial charge in [-0.3, -0.25) is 4.79 Å². The Labute approximate surface area is 73.1 Å². The van der Waals surface area contributed by atoms with E-state index in [0.717, 1.165) is 0 Å². The van der Waals surface area contributed by atoms with Crippen LogP contribution in [0.1, 0.15) is 5.56 Å². The summed E-state index contributed by atoms with van der Waals surface area (Å²) in [5.41, 5.74) is 0.941. The molecule has 0 aliphatic rings. The first kappa shape index (κ1) is 7.88. The van der Waals surface area contributed by atoms with Crippen molar-refractivity contribution in [2.24, 2.45) is 0 Å². The van der Waals surface area contributed by atoms with Crippen LogP contribution in [0.3, 0.4) is 0 Å². The maximum Gasteiger partial charge on any atom is 0.213 e. The van der Waals surface area contributed by atoms with Crippen molar-refractivity contribution in [3.8, 4) is 0 Å². The molecule has 0 bridgehead atoms. The summed E-state index contributed by atoms with van der Waals surface area (Å²) in [6.45, 7) is -0.282. The van der Waals surface area contributed by atoms with Gasteiger partial charge in [0.25, 0.3) is 0 Å². The molecule has 0 unspecified atom stereocenters. The highest BCUT2D eigenvalue weighted by Crippen LogP contribution is 2.01. The molecule has 66 valence electrons. The quantitative estimate of drug-likeness (QED) is 0.632. The summed E-state index contributed by atoms with van der Waals surface area (Å²) in [7, 11) is 0. The first-order chi connectivity index (χ1) is 6.33. The molecule has 5 heteroatoms. The molecule has 2 aromatic rings. The number of fused-ring (bicyclic) bond motifs is 1. The molecule has 2 heterocycles. The summed E-state index contributed by atoms with van der Waals surface area (Å²) in [4.78, 5) is 21.9. The van der Waals surface area contributed by atoms with Crippen LogP contribution in [0.2, 0.25) is 0 Å². The molecule has 0 atom stereocenters. The summed E-state index contributed by atoms with van der Waals surface area (Å²) in [6, 6.07) is 0. The van der Waals surface area contributed by atoms with E-state index in [1.807, 2.05) is 0 Å². The molecule has 0 radical (unpaired) electrons. The molecule has 0 saturated heterocycles. The minimum Gasteiger partial charge on any atom is -0.391 e. The Bertz CT molecular complexity index is 492. The Hall–Kier alpha value is -1.75. The molecule has 2 N–H and O–H groups in total. The number of hydrogen-bond donors (Lipinski definition) is 2. The number of H-pyrrole nitrogens is 1. The maximum atomic E-state index is 11.5. The highest BCUT2D eigenvalue weighted by Gasteiger charge is 2.03. The van der Waals surface area contributed by atoms with E-state index in [0.29, 0.717) is 16.6 Å². The first-order valence-electron chi connectivity index (χ1n) is 3.74. The number of aromatic nitrogens is 3. The fourth-order valence-electron chi connectivity index (χ4n) is 1.12. The summed E-state index contributed by atoms with van der Waals surface area (Å²) in [6.07, 6.45) is 4.29. The Morgan fingerprint density at radius 1 is 1.54 bits per heavy atom. The predicted octanol–water partition coefficient (Wildman–Crippen LogP) is -0.190. The molecule has 0 aromatic carbocycles. The highest BCUT2D eigenvalue weighted by molar-refractivity contribution is 5.72. The van der Waals surface area contributed by atoms with Gasteiger partial charge in [0.15, 0.2) is 0 Å². The van der Waals surface area contributed by atoms with Crippen molar-refractivity contribution in [2.45, 2.75) is 6.61 Å². The Kier molecular flexibility index (Phi) is 1.79.